The van der Waals surface area contributed by atoms with Gasteiger partial charge in [0.05, 0.1) is 18.0 Å². The Balaban J connectivity index is 1.93. The molecule has 4 rings (SSSR count). The number of fused-ring (bicyclic) bond motifs is 1. The van der Waals surface area contributed by atoms with Gasteiger partial charge in [-0.05, 0) is 48.5 Å². The van der Waals surface area contributed by atoms with Gasteiger partial charge in [0, 0.05) is 5.56 Å². The van der Waals surface area contributed by atoms with Crippen LogP contribution in [0.4, 0.5) is 0 Å². The number of aromatic nitrogens is 2. The molecule has 0 aliphatic rings. The van der Waals surface area contributed by atoms with Crippen LogP contribution in [0.1, 0.15) is 0 Å². The van der Waals surface area contributed by atoms with Crippen LogP contribution in [-0.4, -0.2) is 25.2 Å². The van der Waals surface area contributed by atoms with E-state index in [1.165, 1.54) is 19.2 Å². The van der Waals surface area contributed by atoms with Gasteiger partial charge in [0.25, 0.3) is 5.56 Å². The maximum atomic E-state index is 13.1. The number of nitrogens with zero attached hydrogens (tertiary/aromatic N) is 2. The fourth-order valence-electron chi connectivity index (χ4n) is 2.84. The predicted molar refractivity (Wildman–Crippen MR) is 108 cm³/mol. The number of para-hydroxylation sites is 1. The van der Waals surface area contributed by atoms with Crippen LogP contribution in [0.3, 0.4) is 0 Å². The molecule has 1 heterocycles. The number of benzene rings is 3. The van der Waals surface area contributed by atoms with Gasteiger partial charge in [0.15, 0.2) is 5.82 Å². The van der Waals surface area contributed by atoms with E-state index in [1.54, 1.807) is 66.7 Å². The van der Waals surface area contributed by atoms with E-state index in [9.17, 15) is 13.2 Å². The number of methoxy groups -OCH3 is 1. The molecule has 7 nitrogen and oxygen atoms in total. The van der Waals surface area contributed by atoms with E-state index in [1.807, 2.05) is 0 Å². The van der Waals surface area contributed by atoms with Crippen LogP contribution in [-0.2, 0) is 10.1 Å². The summed E-state index contributed by atoms with van der Waals surface area (Å²) in [6.45, 7) is 0. The fraction of sp³-hybridized carbons (Fsp3) is 0.0476. The molecule has 0 spiro atoms. The Morgan fingerprint density at radius 2 is 1.52 bits per heavy atom. The zero-order chi connectivity index (χ0) is 20.4. The first-order valence-corrected chi connectivity index (χ1v) is 10.1. The summed E-state index contributed by atoms with van der Waals surface area (Å²) in [4.78, 5) is 17.5. The Morgan fingerprint density at radius 1 is 0.862 bits per heavy atom. The van der Waals surface area contributed by atoms with E-state index in [0.29, 0.717) is 21.6 Å². The molecular weight excluding hydrogens is 392 g/mol. The Kier molecular flexibility index (Phi) is 4.77. The van der Waals surface area contributed by atoms with Gasteiger partial charge in [-0.2, -0.15) is 8.42 Å². The minimum Gasteiger partial charge on any atom is -0.497 e. The van der Waals surface area contributed by atoms with Gasteiger partial charge in [0.1, 0.15) is 10.6 Å². The van der Waals surface area contributed by atoms with Crippen molar-refractivity contribution < 1.29 is 17.4 Å². The van der Waals surface area contributed by atoms with Gasteiger partial charge >= 0.3 is 10.1 Å². The highest BCUT2D eigenvalue weighted by atomic mass is 32.2. The van der Waals surface area contributed by atoms with Crippen LogP contribution in [0.25, 0.3) is 22.3 Å². The van der Waals surface area contributed by atoms with Crippen LogP contribution in [0, 0.1) is 0 Å². The second-order valence-corrected chi connectivity index (χ2v) is 7.65. The number of hydrogen-bond acceptors (Lipinski definition) is 6. The van der Waals surface area contributed by atoms with Crippen LogP contribution in [0.15, 0.2) is 88.6 Å². The minimum absolute atomic E-state index is 0.0656. The van der Waals surface area contributed by atoms with E-state index in [2.05, 4.69) is 4.98 Å². The summed E-state index contributed by atoms with van der Waals surface area (Å²) in [6.07, 6.45) is 0. The molecule has 29 heavy (non-hydrogen) atoms. The highest BCUT2D eigenvalue weighted by molar-refractivity contribution is 7.87. The molecule has 0 amide bonds. The zero-order valence-corrected chi connectivity index (χ0v) is 16.2. The highest BCUT2D eigenvalue weighted by Gasteiger charge is 2.22. The third-order valence-electron chi connectivity index (χ3n) is 4.29. The summed E-state index contributed by atoms with van der Waals surface area (Å²) in [6, 6.07) is 21.0. The lowest BCUT2D eigenvalue weighted by molar-refractivity contribution is 0.270. The molecule has 1 aromatic heterocycles. The average molecular weight is 408 g/mol. The third-order valence-corrected chi connectivity index (χ3v) is 5.49. The van der Waals surface area contributed by atoms with Crippen LogP contribution in [0.2, 0.25) is 0 Å². The third kappa shape index (κ3) is 3.57. The highest BCUT2D eigenvalue weighted by Crippen LogP contribution is 2.22. The molecule has 8 heteroatoms. The summed E-state index contributed by atoms with van der Waals surface area (Å²) in [5, 5.41) is 0.244. The lowest BCUT2D eigenvalue weighted by Crippen LogP contribution is -2.33. The molecule has 0 aliphatic carbocycles. The maximum absolute atomic E-state index is 13.1. The van der Waals surface area contributed by atoms with E-state index < -0.39 is 15.7 Å². The van der Waals surface area contributed by atoms with E-state index in [4.69, 9.17) is 9.02 Å². The van der Waals surface area contributed by atoms with Gasteiger partial charge in [-0.3, -0.25) is 9.08 Å². The van der Waals surface area contributed by atoms with Crippen LogP contribution >= 0.6 is 0 Å². The van der Waals surface area contributed by atoms with Crippen molar-refractivity contribution in [1.82, 2.24) is 9.71 Å². The molecule has 0 bridgehead atoms. The standard InChI is InChI=1S/C21H16N2O5S/c1-27-16-13-11-15(12-14-16)20-22-19-10-6-5-9-18(19)21(24)23(20)28-29(25,26)17-7-3-2-4-8-17/h2-14H,1H3. The molecule has 0 radical (unpaired) electrons. The van der Waals surface area contributed by atoms with E-state index in [0.717, 1.165) is 0 Å². The zero-order valence-electron chi connectivity index (χ0n) is 15.3. The Morgan fingerprint density at radius 3 is 2.21 bits per heavy atom. The van der Waals surface area contributed by atoms with Crippen molar-refractivity contribution in [3.05, 3.63) is 89.2 Å². The van der Waals surface area contributed by atoms with E-state index in [-0.39, 0.29) is 16.1 Å². The predicted octanol–water partition coefficient (Wildman–Crippen LogP) is 2.89. The monoisotopic (exact) mass is 408 g/mol. The molecule has 0 atom stereocenters. The van der Waals surface area contributed by atoms with Crippen molar-refractivity contribution in [3.8, 4) is 17.1 Å². The summed E-state index contributed by atoms with van der Waals surface area (Å²) in [5.74, 6) is 0.678. The minimum atomic E-state index is -4.25. The van der Waals surface area contributed by atoms with Crippen molar-refractivity contribution >= 4 is 21.0 Å². The Labute approximate surface area is 166 Å². The first-order valence-electron chi connectivity index (χ1n) is 8.66. The maximum Gasteiger partial charge on any atom is 0.357 e. The number of hydrogen-bond donors (Lipinski definition) is 0. The van der Waals surface area contributed by atoms with Gasteiger partial charge < -0.3 is 4.74 Å². The molecule has 4 aromatic rings. The average Bonchev–Trinajstić information content (AvgIpc) is 2.76. The van der Waals surface area contributed by atoms with Gasteiger partial charge in [-0.25, -0.2) is 4.98 Å². The Hall–Kier alpha value is -3.65. The molecule has 146 valence electrons. The Bertz CT molecular complexity index is 1330. The number of rotatable bonds is 5. The lowest BCUT2D eigenvalue weighted by atomic mass is 10.2. The smallest absolute Gasteiger partial charge is 0.357 e. The van der Waals surface area contributed by atoms with Crippen molar-refractivity contribution in [2.24, 2.45) is 0 Å². The first kappa shape index (κ1) is 18.7. The molecule has 0 N–H and O–H groups in total. The summed E-state index contributed by atoms with van der Waals surface area (Å²) < 4.78 is 36.6. The molecule has 3 aromatic carbocycles. The van der Waals surface area contributed by atoms with E-state index >= 15 is 0 Å². The molecule has 0 saturated heterocycles. The molecule has 0 unspecified atom stereocenters. The van der Waals surface area contributed by atoms with Crippen molar-refractivity contribution in [3.63, 3.8) is 0 Å². The molecule has 0 aliphatic heterocycles. The summed E-state index contributed by atoms with van der Waals surface area (Å²) >= 11 is 0. The van der Waals surface area contributed by atoms with Crippen molar-refractivity contribution in [1.29, 1.82) is 0 Å². The molecule has 0 saturated carbocycles. The lowest BCUT2D eigenvalue weighted by Gasteiger charge is -2.14. The molecular formula is C21H16N2O5S. The second-order valence-electron chi connectivity index (χ2n) is 6.12. The SMILES string of the molecule is COc1ccc(-c2nc3ccccc3c(=O)n2OS(=O)(=O)c2ccccc2)cc1. The summed E-state index contributed by atoms with van der Waals surface area (Å²) in [5.41, 5.74) is 0.304. The normalized spacial score (nSPS) is 11.3. The van der Waals surface area contributed by atoms with Gasteiger partial charge in [-0.1, -0.05) is 30.3 Å². The quantitative estimate of drug-likeness (QED) is 0.505. The topological polar surface area (TPSA) is 87.5 Å². The molecule has 0 fully saturated rings. The van der Waals surface area contributed by atoms with Crippen molar-refractivity contribution in [2.75, 3.05) is 7.11 Å². The fourth-order valence-corrected chi connectivity index (χ4v) is 3.75. The van der Waals surface area contributed by atoms with Crippen molar-refractivity contribution in [2.45, 2.75) is 4.90 Å². The first-order chi connectivity index (χ1) is 14.0. The largest absolute Gasteiger partial charge is 0.497 e. The van der Waals surface area contributed by atoms with Gasteiger partial charge in [-0.15, -0.1) is 4.73 Å². The van der Waals surface area contributed by atoms with Gasteiger partial charge in [0.2, 0.25) is 0 Å². The van der Waals surface area contributed by atoms with Crippen LogP contribution < -0.4 is 14.6 Å². The second kappa shape index (κ2) is 7.40. The summed E-state index contributed by atoms with van der Waals surface area (Å²) in [7, 11) is -2.71. The number of ether oxygens (including phenoxy) is 1. The van der Waals surface area contributed by atoms with Crippen LogP contribution in [0.5, 0.6) is 5.75 Å².